The van der Waals surface area contributed by atoms with Crippen molar-refractivity contribution >= 4 is 45.0 Å². The fraction of sp³-hybridized carbons (Fsp3) is 0.0833. The Balaban J connectivity index is 2.67. The van der Waals surface area contributed by atoms with Crippen LogP contribution in [0.3, 0.4) is 0 Å². The number of aromatic nitrogens is 2. The molecule has 0 saturated carbocycles. The number of pyridine rings is 1. The van der Waals surface area contributed by atoms with E-state index in [1.165, 1.54) is 0 Å². The predicted molar refractivity (Wildman–Crippen MR) is 68.2 cm³/mol. The number of hydrogen-bond acceptors (Lipinski definition) is 1. The topological polar surface area (TPSA) is 17.8 Å². The third kappa shape index (κ3) is 1.17. The van der Waals surface area contributed by atoms with Gasteiger partial charge in [0.2, 0.25) is 0 Å². The molecular weight excluding hydrogens is 243 g/mol. The highest BCUT2D eigenvalue weighted by molar-refractivity contribution is 6.45. The number of halogens is 2. The Kier molecular flexibility index (Phi) is 2.09. The molecule has 0 atom stereocenters. The van der Waals surface area contributed by atoms with Gasteiger partial charge in [-0.2, -0.15) is 0 Å². The maximum Gasteiger partial charge on any atom is 0.0835 e. The molecule has 2 nitrogen and oxygen atoms in total. The Bertz CT molecular complexity index is 701. The molecule has 0 aliphatic heterocycles. The van der Waals surface area contributed by atoms with Gasteiger partial charge in [0, 0.05) is 24.0 Å². The Labute approximate surface area is 102 Å². The van der Waals surface area contributed by atoms with Crippen LogP contribution < -0.4 is 0 Å². The molecule has 3 rings (SSSR count). The van der Waals surface area contributed by atoms with Crippen LogP contribution in [0, 0.1) is 0 Å². The summed E-state index contributed by atoms with van der Waals surface area (Å²) in [5.41, 5.74) is 2.01. The second-order valence-corrected chi connectivity index (χ2v) is 4.49. The van der Waals surface area contributed by atoms with E-state index in [0.29, 0.717) is 10.0 Å². The van der Waals surface area contributed by atoms with Crippen molar-refractivity contribution < 1.29 is 0 Å². The van der Waals surface area contributed by atoms with Gasteiger partial charge in [0.15, 0.2) is 0 Å². The van der Waals surface area contributed by atoms with Crippen molar-refractivity contribution in [2.24, 2.45) is 7.05 Å². The minimum absolute atomic E-state index is 0.577. The van der Waals surface area contributed by atoms with Gasteiger partial charge in [-0.05, 0) is 12.1 Å². The van der Waals surface area contributed by atoms with Crippen LogP contribution in [0.2, 0.25) is 10.0 Å². The van der Waals surface area contributed by atoms with Crippen LogP contribution in [-0.2, 0) is 7.05 Å². The smallest absolute Gasteiger partial charge is 0.0835 e. The van der Waals surface area contributed by atoms with Crippen LogP contribution in [0.4, 0.5) is 0 Å². The zero-order valence-electron chi connectivity index (χ0n) is 8.54. The SMILES string of the molecule is Cn1c2cnccc2c2ccc(Cl)c(Cl)c21. The molecule has 0 aliphatic rings. The van der Waals surface area contributed by atoms with Gasteiger partial charge in [0.25, 0.3) is 0 Å². The van der Waals surface area contributed by atoms with E-state index < -0.39 is 0 Å². The second-order valence-electron chi connectivity index (χ2n) is 3.71. The molecule has 2 heterocycles. The Morgan fingerprint density at radius 1 is 1.12 bits per heavy atom. The van der Waals surface area contributed by atoms with Crippen LogP contribution in [0.1, 0.15) is 0 Å². The quantitative estimate of drug-likeness (QED) is 0.589. The number of rotatable bonds is 0. The maximum atomic E-state index is 6.23. The lowest BCUT2D eigenvalue weighted by atomic mass is 10.2. The highest BCUT2D eigenvalue weighted by Gasteiger charge is 2.12. The highest BCUT2D eigenvalue weighted by atomic mass is 35.5. The molecule has 0 spiro atoms. The van der Waals surface area contributed by atoms with E-state index >= 15 is 0 Å². The molecule has 80 valence electrons. The Morgan fingerprint density at radius 3 is 2.75 bits per heavy atom. The summed E-state index contributed by atoms with van der Waals surface area (Å²) in [6.07, 6.45) is 3.61. The number of aryl methyl sites for hydroxylation is 1. The minimum atomic E-state index is 0.577. The fourth-order valence-corrected chi connectivity index (χ4v) is 2.53. The first-order valence-corrected chi connectivity index (χ1v) is 5.62. The van der Waals surface area contributed by atoms with Crippen LogP contribution in [0.15, 0.2) is 30.6 Å². The van der Waals surface area contributed by atoms with E-state index in [1.807, 2.05) is 36.0 Å². The average Bonchev–Trinajstić information content (AvgIpc) is 2.59. The van der Waals surface area contributed by atoms with Gasteiger partial charge in [-0.25, -0.2) is 0 Å². The molecule has 0 amide bonds. The van der Waals surface area contributed by atoms with E-state index in [0.717, 1.165) is 21.8 Å². The van der Waals surface area contributed by atoms with Crippen LogP contribution >= 0.6 is 23.2 Å². The molecule has 3 aromatic rings. The lowest BCUT2D eigenvalue weighted by Gasteiger charge is -2.01. The summed E-state index contributed by atoms with van der Waals surface area (Å²) in [7, 11) is 1.97. The molecule has 4 heteroatoms. The molecule has 0 radical (unpaired) electrons. The van der Waals surface area contributed by atoms with Crippen molar-refractivity contribution in [3.63, 3.8) is 0 Å². The number of fused-ring (bicyclic) bond motifs is 3. The Hall–Kier alpha value is -1.25. The number of benzene rings is 1. The standard InChI is InChI=1S/C12H8Cl2N2/c1-16-10-6-15-5-4-7(10)8-2-3-9(13)11(14)12(8)16/h2-6H,1H3. The monoisotopic (exact) mass is 250 g/mol. The molecular formula is C12H8Cl2N2. The minimum Gasteiger partial charge on any atom is -0.341 e. The average molecular weight is 251 g/mol. The molecule has 16 heavy (non-hydrogen) atoms. The van der Waals surface area contributed by atoms with Crippen molar-refractivity contribution in [3.05, 3.63) is 40.6 Å². The van der Waals surface area contributed by atoms with Gasteiger partial charge in [-0.1, -0.05) is 29.3 Å². The van der Waals surface area contributed by atoms with Gasteiger partial charge in [0.1, 0.15) is 0 Å². The summed E-state index contributed by atoms with van der Waals surface area (Å²) < 4.78 is 2.02. The largest absolute Gasteiger partial charge is 0.341 e. The van der Waals surface area contributed by atoms with E-state index in [2.05, 4.69) is 4.98 Å². The lowest BCUT2D eigenvalue weighted by Crippen LogP contribution is -1.87. The first kappa shape index (κ1) is 9.94. The maximum absolute atomic E-state index is 6.23. The van der Waals surface area contributed by atoms with Crippen LogP contribution in [-0.4, -0.2) is 9.55 Å². The number of nitrogens with zero attached hydrogens (tertiary/aromatic N) is 2. The summed E-state index contributed by atoms with van der Waals surface area (Å²) >= 11 is 12.3. The third-order valence-electron chi connectivity index (χ3n) is 2.86. The van der Waals surface area contributed by atoms with Crippen molar-refractivity contribution in [1.82, 2.24) is 9.55 Å². The molecule has 0 saturated heterocycles. The molecule has 0 bridgehead atoms. The molecule has 0 fully saturated rings. The zero-order chi connectivity index (χ0) is 11.3. The fourth-order valence-electron chi connectivity index (χ4n) is 2.09. The molecule has 1 aromatic carbocycles. The lowest BCUT2D eigenvalue weighted by molar-refractivity contribution is 1.01. The molecule has 2 aromatic heterocycles. The van der Waals surface area contributed by atoms with Gasteiger partial charge in [-0.3, -0.25) is 4.98 Å². The first-order chi connectivity index (χ1) is 7.70. The van der Waals surface area contributed by atoms with Crippen LogP contribution in [0.25, 0.3) is 21.8 Å². The van der Waals surface area contributed by atoms with E-state index in [4.69, 9.17) is 23.2 Å². The summed E-state index contributed by atoms with van der Waals surface area (Å²) in [6.45, 7) is 0. The summed E-state index contributed by atoms with van der Waals surface area (Å²) in [5.74, 6) is 0. The van der Waals surface area contributed by atoms with E-state index in [1.54, 1.807) is 6.20 Å². The second kappa shape index (κ2) is 3.37. The van der Waals surface area contributed by atoms with Gasteiger partial charge < -0.3 is 4.57 Å². The summed E-state index contributed by atoms with van der Waals surface area (Å²) in [5, 5.41) is 3.42. The highest BCUT2D eigenvalue weighted by Crippen LogP contribution is 2.36. The van der Waals surface area contributed by atoms with E-state index in [9.17, 15) is 0 Å². The van der Waals surface area contributed by atoms with Crippen LogP contribution in [0.5, 0.6) is 0 Å². The normalized spacial score (nSPS) is 11.4. The summed E-state index contributed by atoms with van der Waals surface area (Å²) in [4.78, 5) is 4.12. The van der Waals surface area contributed by atoms with Gasteiger partial charge in [0.05, 0.1) is 27.3 Å². The number of hydrogen-bond donors (Lipinski definition) is 0. The van der Waals surface area contributed by atoms with Crippen molar-refractivity contribution in [3.8, 4) is 0 Å². The molecule has 0 N–H and O–H groups in total. The van der Waals surface area contributed by atoms with Crippen molar-refractivity contribution in [2.75, 3.05) is 0 Å². The molecule has 0 aliphatic carbocycles. The first-order valence-electron chi connectivity index (χ1n) is 4.86. The third-order valence-corrected chi connectivity index (χ3v) is 3.65. The van der Waals surface area contributed by atoms with E-state index in [-0.39, 0.29) is 0 Å². The van der Waals surface area contributed by atoms with Crippen molar-refractivity contribution in [1.29, 1.82) is 0 Å². The zero-order valence-corrected chi connectivity index (χ0v) is 10.0. The van der Waals surface area contributed by atoms with Gasteiger partial charge >= 0.3 is 0 Å². The predicted octanol–water partition coefficient (Wildman–Crippen LogP) is 4.03. The Morgan fingerprint density at radius 2 is 1.94 bits per heavy atom. The summed E-state index contributed by atoms with van der Waals surface area (Å²) in [6, 6.07) is 5.81. The molecule has 0 unspecified atom stereocenters. The van der Waals surface area contributed by atoms with Crippen molar-refractivity contribution in [2.45, 2.75) is 0 Å². The van der Waals surface area contributed by atoms with Gasteiger partial charge in [-0.15, -0.1) is 0 Å².